The number of hydrogen-bond acceptors (Lipinski definition) is 5. The molecule has 0 amide bonds. The third-order valence-corrected chi connectivity index (χ3v) is 3.23. The molecule has 19 heavy (non-hydrogen) atoms. The van der Waals surface area contributed by atoms with Crippen LogP contribution in [0, 0.1) is 0 Å². The summed E-state index contributed by atoms with van der Waals surface area (Å²) in [7, 11) is 3.45. The molecule has 0 saturated carbocycles. The molecule has 0 heterocycles. The lowest BCUT2D eigenvalue weighted by molar-refractivity contribution is 0.0664. The van der Waals surface area contributed by atoms with Crippen molar-refractivity contribution in [2.75, 3.05) is 53.7 Å². The van der Waals surface area contributed by atoms with E-state index >= 15 is 0 Å². The highest BCUT2D eigenvalue weighted by molar-refractivity contribution is 4.76. The van der Waals surface area contributed by atoms with Crippen LogP contribution in [-0.2, 0) is 9.47 Å². The van der Waals surface area contributed by atoms with E-state index in [1.165, 1.54) is 0 Å². The Morgan fingerprint density at radius 1 is 1.26 bits per heavy atom. The highest BCUT2D eigenvalue weighted by Gasteiger charge is 2.18. The topological polar surface area (TPSA) is 54.0 Å². The molecule has 0 bridgehead atoms. The molecule has 0 aromatic rings. The summed E-state index contributed by atoms with van der Waals surface area (Å²) in [6.45, 7) is 8.75. The minimum Gasteiger partial charge on any atom is -0.396 e. The molecule has 0 aromatic carbocycles. The van der Waals surface area contributed by atoms with Gasteiger partial charge in [-0.2, -0.15) is 0 Å². The van der Waals surface area contributed by atoms with Crippen LogP contribution in [0.15, 0.2) is 0 Å². The van der Waals surface area contributed by atoms with E-state index in [0.717, 1.165) is 32.5 Å². The van der Waals surface area contributed by atoms with Crippen LogP contribution in [0.25, 0.3) is 0 Å². The molecule has 0 radical (unpaired) electrons. The average molecular weight is 276 g/mol. The van der Waals surface area contributed by atoms with Crippen molar-refractivity contribution < 1.29 is 14.6 Å². The number of nitrogens with zero attached hydrogens (tertiary/aromatic N) is 1. The second-order valence-corrected chi connectivity index (χ2v) is 4.96. The molecular formula is C14H32N2O3. The molecule has 5 nitrogen and oxygen atoms in total. The number of nitrogens with one attached hydrogen (secondary N) is 1. The summed E-state index contributed by atoms with van der Waals surface area (Å²) in [5.74, 6) is 0. The van der Waals surface area contributed by atoms with Gasteiger partial charge in [-0.25, -0.2) is 0 Å². The van der Waals surface area contributed by atoms with Crippen LogP contribution in [0.2, 0.25) is 0 Å². The van der Waals surface area contributed by atoms with Crippen molar-refractivity contribution in [3.05, 3.63) is 0 Å². The predicted molar refractivity (Wildman–Crippen MR) is 78.6 cm³/mol. The number of ether oxygens (including phenoxy) is 2. The van der Waals surface area contributed by atoms with Crippen LogP contribution in [0.5, 0.6) is 0 Å². The monoisotopic (exact) mass is 276 g/mol. The smallest absolute Gasteiger partial charge is 0.0615 e. The lowest BCUT2D eigenvalue weighted by Crippen LogP contribution is -2.47. The summed E-state index contributed by atoms with van der Waals surface area (Å²) in [6.07, 6.45) is 1.89. The van der Waals surface area contributed by atoms with Crippen LogP contribution in [0.1, 0.15) is 26.7 Å². The van der Waals surface area contributed by atoms with Crippen molar-refractivity contribution in [1.29, 1.82) is 0 Å². The van der Waals surface area contributed by atoms with E-state index in [-0.39, 0.29) is 6.61 Å². The van der Waals surface area contributed by atoms with Crippen molar-refractivity contribution in [3.8, 4) is 0 Å². The third-order valence-electron chi connectivity index (χ3n) is 3.23. The first-order valence-electron chi connectivity index (χ1n) is 7.25. The normalized spacial score (nSPS) is 14.8. The molecule has 0 saturated heterocycles. The van der Waals surface area contributed by atoms with Gasteiger partial charge in [-0.1, -0.05) is 6.92 Å². The molecule has 5 heteroatoms. The maximum atomic E-state index is 9.16. The third kappa shape index (κ3) is 9.35. The molecule has 0 aliphatic rings. The molecule has 0 spiro atoms. The Labute approximate surface area is 118 Å². The van der Waals surface area contributed by atoms with E-state index < -0.39 is 0 Å². The van der Waals surface area contributed by atoms with Crippen LogP contribution < -0.4 is 5.32 Å². The van der Waals surface area contributed by atoms with Gasteiger partial charge in [0, 0.05) is 46.0 Å². The molecule has 0 aromatic heterocycles. The first kappa shape index (κ1) is 18.8. The fourth-order valence-corrected chi connectivity index (χ4v) is 2.09. The Bertz CT molecular complexity index is 194. The lowest BCUT2D eigenvalue weighted by Gasteiger charge is -2.32. The van der Waals surface area contributed by atoms with E-state index in [0.29, 0.717) is 25.3 Å². The first-order chi connectivity index (χ1) is 9.19. The molecule has 2 N–H and O–H groups in total. The van der Waals surface area contributed by atoms with E-state index in [4.69, 9.17) is 14.6 Å². The average Bonchev–Trinajstić information content (AvgIpc) is 2.40. The fraction of sp³-hybridized carbons (Fsp3) is 1.00. The molecule has 116 valence electrons. The minimum atomic E-state index is 0.220. The zero-order valence-electron chi connectivity index (χ0n) is 13.0. The Balaban J connectivity index is 4.35. The largest absolute Gasteiger partial charge is 0.396 e. The van der Waals surface area contributed by atoms with E-state index in [1.54, 1.807) is 14.2 Å². The van der Waals surface area contributed by atoms with Gasteiger partial charge in [0.15, 0.2) is 0 Å². The Morgan fingerprint density at radius 3 is 2.53 bits per heavy atom. The van der Waals surface area contributed by atoms with E-state index in [1.807, 2.05) is 0 Å². The lowest BCUT2D eigenvalue weighted by atomic mass is 10.1. The number of aliphatic hydroxyl groups excluding tert-OH is 1. The van der Waals surface area contributed by atoms with Crippen LogP contribution in [-0.4, -0.2) is 75.8 Å². The van der Waals surface area contributed by atoms with Gasteiger partial charge in [0.2, 0.25) is 0 Å². The standard InChI is InChI=1S/C14H32N2O3/c1-5-7-15-14(6-9-17)11-16(8-10-18-3)13(2)12-19-4/h13-15,17H,5-12H2,1-4H3. The highest BCUT2D eigenvalue weighted by atomic mass is 16.5. The molecule has 0 aliphatic heterocycles. The van der Waals surface area contributed by atoms with Crippen molar-refractivity contribution >= 4 is 0 Å². The summed E-state index contributed by atoms with van der Waals surface area (Å²) in [5.41, 5.74) is 0. The van der Waals surface area contributed by atoms with Gasteiger partial charge in [-0.05, 0) is 26.3 Å². The number of methoxy groups -OCH3 is 2. The second kappa shape index (κ2) is 12.8. The quantitative estimate of drug-likeness (QED) is 0.519. The summed E-state index contributed by atoms with van der Waals surface area (Å²) in [5, 5.41) is 12.6. The summed E-state index contributed by atoms with van der Waals surface area (Å²) in [6, 6.07) is 0.672. The minimum absolute atomic E-state index is 0.220. The van der Waals surface area contributed by atoms with Crippen LogP contribution >= 0.6 is 0 Å². The molecule has 2 unspecified atom stereocenters. The zero-order chi connectivity index (χ0) is 14.5. The Hall–Kier alpha value is -0.200. The van der Waals surface area contributed by atoms with Crippen molar-refractivity contribution in [3.63, 3.8) is 0 Å². The van der Waals surface area contributed by atoms with E-state index in [9.17, 15) is 0 Å². The van der Waals surface area contributed by atoms with Gasteiger partial charge in [0.05, 0.1) is 13.2 Å². The van der Waals surface area contributed by atoms with E-state index in [2.05, 4.69) is 24.1 Å². The number of rotatable bonds is 13. The molecular weight excluding hydrogens is 244 g/mol. The number of aliphatic hydroxyl groups is 1. The van der Waals surface area contributed by atoms with Crippen molar-refractivity contribution in [2.24, 2.45) is 0 Å². The van der Waals surface area contributed by atoms with Gasteiger partial charge in [0.25, 0.3) is 0 Å². The molecule has 0 rings (SSSR count). The summed E-state index contributed by atoms with van der Waals surface area (Å²) in [4.78, 5) is 2.36. The van der Waals surface area contributed by atoms with Gasteiger partial charge in [0.1, 0.15) is 0 Å². The van der Waals surface area contributed by atoms with Crippen LogP contribution in [0.4, 0.5) is 0 Å². The SMILES string of the molecule is CCCNC(CCO)CN(CCOC)C(C)COC. The van der Waals surface area contributed by atoms with Crippen molar-refractivity contribution in [1.82, 2.24) is 10.2 Å². The Kier molecular flexibility index (Phi) is 12.7. The molecule has 2 atom stereocenters. The van der Waals surface area contributed by atoms with Gasteiger partial charge >= 0.3 is 0 Å². The second-order valence-electron chi connectivity index (χ2n) is 4.96. The van der Waals surface area contributed by atoms with Gasteiger partial charge in [-0.15, -0.1) is 0 Å². The van der Waals surface area contributed by atoms with Gasteiger partial charge in [-0.3, -0.25) is 4.90 Å². The number of hydrogen-bond donors (Lipinski definition) is 2. The highest BCUT2D eigenvalue weighted by Crippen LogP contribution is 2.04. The zero-order valence-corrected chi connectivity index (χ0v) is 13.0. The van der Waals surface area contributed by atoms with Gasteiger partial charge < -0.3 is 19.9 Å². The molecule has 0 fully saturated rings. The van der Waals surface area contributed by atoms with Crippen molar-refractivity contribution in [2.45, 2.75) is 38.8 Å². The molecule has 0 aliphatic carbocycles. The van der Waals surface area contributed by atoms with Crippen LogP contribution in [0.3, 0.4) is 0 Å². The Morgan fingerprint density at radius 2 is 2.00 bits per heavy atom. The summed E-state index contributed by atoms with van der Waals surface area (Å²) < 4.78 is 10.4. The first-order valence-corrected chi connectivity index (χ1v) is 7.25. The summed E-state index contributed by atoms with van der Waals surface area (Å²) >= 11 is 0. The predicted octanol–water partition coefficient (Wildman–Crippen LogP) is 0.720. The maximum Gasteiger partial charge on any atom is 0.0615 e. The fourth-order valence-electron chi connectivity index (χ4n) is 2.09. The maximum absolute atomic E-state index is 9.16.